The Labute approximate surface area is 238 Å². The van der Waals surface area contributed by atoms with Crippen LogP contribution in [0.25, 0.3) is 0 Å². The molecule has 5 rings (SSSR count). The number of nitrogens with one attached hydrogen (secondary N) is 1. The highest BCUT2D eigenvalue weighted by atomic mass is 35.5. The first-order valence-electron chi connectivity index (χ1n) is 13.0. The number of carbonyl (C=O) groups excluding carboxylic acids is 2. The normalized spacial score (nSPS) is 20.4. The fraction of sp³-hybridized carbons (Fsp3) is 0.387. The summed E-state index contributed by atoms with van der Waals surface area (Å²) in [5, 5.41) is 13.4. The average molecular weight is 568 g/mol. The fourth-order valence-electron chi connectivity index (χ4n) is 6.05. The molecule has 0 bridgehead atoms. The fourth-order valence-corrected chi connectivity index (χ4v) is 6.61. The first kappa shape index (κ1) is 27.5. The molecule has 8 heteroatoms. The van der Waals surface area contributed by atoms with E-state index in [1.807, 2.05) is 0 Å². The standard InChI is InChI=1S/C31H31Cl2NO5/c1-30(2)11-21-26(23(35)13-30)25(27-22(34-21)12-31(3,4)14-24(27)36)19-9-18(32)10-20(33)28(19)39-15-16-5-7-17(8-6-16)29(37)38/h5-10,25,34H,11-15H2,1-4H3,(H,37,38). The average Bonchev–Trinajstić information content (AvgIpc) is 2.80. The van der Waals surface area contributed by atoms with E-state index < -0.39 is 11.9 Å². The number of hydrogen-bond donors (Lipinski definition) is 2. The minimum absolute atomic E-state index is 0.00533. The molecular weight excluding hydrogens is 537 g/mol. The lowest BCUT2D eigenvalue weighted by molar-refractivity contribution is -0.119. The van der Waals surface area contributed by atoms with Gasteiger partial charge in [-0.05, 0) is 53.5 Å². The Bertz CT molecular complexity index is 1410. The van der Waals surface area contributed by atoms with Gasteiger partial charge in [-0.1, -0.05) is 63.0 Å². The van der Waals surface area contributed by atoms with Gasteiger partial charge in [0.1, 0.15) is 12.4 Å². The van der Waals surface area contributed by atoms with E-state index in [2.05, 4.69) is 33.0 Å². The maximum absolute atomic E-state index is 13.7. The maximum Gasteiger partial charge on any atom is 0.335 e. The van der Waals surface area contributed by atoms with Gasteiger partial charge in [0.2, 0.25) is 0 Å². The number of dihydropyridines is 1. The summed E-state index contributed by atoms with van der Waals surface area (Å²) in [5.74, 6) is -1.32. The third kappa shape index (κ3) is 5.37. The molecule has 0 atom stereocenters. The Balaban J connectivity index is 1.63. The van der Waals surface area contributed by atoms with Crippen molar-refractivity contribution in [2.75, 3.05) is 0 Å². The van der Waals surface area contributed by atoms with Gasteiger partial charge in [-0.15, -0.1) is 0 Å². The number of ketones is 2. The summed E-state index contributed by atoms with van der Waals surface area (Å²) in [6, 6.07) is 9.70. The zero-order chi connectivity index (χ0) is 28.3. The zero-order valence-electron chi connectivity index (χ0n) is 22.4. The maximum atomic E-state index is 13.7. The predicted molar refractivity (Wildman–Crippen MR) is 150 cm³/mol. The van der Waals surface area contributed by atoms with Gasteiger partial charge in [-0.2, -0.15) is 0 Å². The Kier molecular flexibility index (Phi) is 6.92. The molecule has 39 heavy (non-hydrogen) atoms. The molecule has 204 valence electrons. The first-order chi connectivity index (χ1) is 18.2. The molecule has 3 aliphatic rings. The van der Waals surface area contributed by atoms with Crippen molar-refractivity contribution < 1.29 is 24.2 Å². The largest absolute Gasteiger partial charge is 0.487 e. The lowest BCUT2D eigenvalue weighted by Gasteiger charge is -2.44. The van der Waals surface area contributed by atoms with Crippen molar-refractivity contribution in [3.05, 3.63) is 85.7 Å². The van der Waals surface area contributed by atoms with Crippen LogP contribution in [0.15, 0.2) is 58.9 Å². The zero-order valence-corrected chi connectivity index (χ0v) is 23.9. The highest BCUT2D eigenvalue weighted by Crippen LogP contribution is 2.53. The number of ether oxygens (including phenoxy) is 1. The van der Waals surface area contributed by atoms with Gasteiger partial charge in [-0.25, -0.2) is 4.79 Å². The number of hydrogen-bond acceptors (Lipinski definition) is 5. The Morgan fingerprint density at radius 2 is 1.46 bits per heavy atom. The van der Waals surface area contributed by atoms with Crippen LogP contribution in [-0.2, 0) is 16.2 Å². The summed E-state index contributed by atoms with van der Waals surface area (Å²) in [6.45, 7) is 8.41. The predicted octanol–water partition coefficient (Wildman–Crippen LogP) is 7.24. The van der Waals surface area contributed by atoms with Crippen molar-refractivity contribution >= 4 is 40.7 Å². The molecule has 2 aromatic carbocycles. The summed E-state index contributed by atoms with van der Waals surface area (Å²) in [6.07, 6.45) is 2.09. The van der Waals surface area contributed by atoms with Crippen LogP contribution < -0.4 is 10.1 Å². The molecule has 0 saturated heterocycles. The van der Waals surface area contributed by atoms with E-state index in [-0.39, 0.29) is 39.6 Å². The molecule has 0 spiro atoms. The molecule has 0 fully saturated rings. The lowest BCUT2D eigenvalue weighted by atomic mass is 9.64. The molecule has 2 N–H and O–H groups in total. The van der Waals surface area contributed by atoms with Crippen LogP contribution in [0.2, 0.25) is 10.0 Å². The number of carbonyl (C=O) groups is 3. The molecule has 2 aliphatic carbocycles. The van der Waals surface area contributed by atoms with Crippen molar-refractivity contribution in [2.24, 2.45) is 10.8 Å². The summed E-state index contributed by atoms with van der Waals surface area (Å²) in [7, 11) is 0. The number of benzene rings is 2. The van der Waals surface area contributed by atoms with Gasteiger partial charge in [-0.3, -0.25) is 9.59 Å². The van der Waals surface area contributed by atoms with Crippen molar-refractivity contribution in [3.8, 4) is 5.75 Å². The van der Waals surface area contributed by atoms with Gasteiger partial charge in [0.15, 0.2) is 11.6 Å². The van der Waals surface area contributed by atoms with Crippen LogP contribution in [0.4, 0.5) is 0 Å². The summed E-state index contributed by atoms with van der Waals surface area (Å²) in [5.41, 5.74) is 3.92. The molecule has 0 unspecified atom stereocenters. The molecule has 0 saturated carbocycles. The molecule has 0 aromatic heterocycles. The number of aromatic carboxylic acids is 1. The van der Waals surface area contributed by atoms with Gasteiger partial charge >= 0.3 is 5.97 Å². The summed E-state index contributed by atoms with van der Waals surface area (Å²) >= 11 is 13.2. The summed E-state index contributed by atoms with van der Waals surface area (Å²) in [4.78, 5) is 38.6. The van der Waals surface area contributed by atoms with E-state index in [1.54, 1.807) is 24.3 Å². The molecule has 6 nitrogen and oxygen atoms in total. The smallest absolute Gasteiger partial charge is 0.335 e. The summed E-state index contributed by atoms with van der Waals surface area (Å²) < 4.78 is 6.25. The number of carboxylic acid groups (broad SMARTS) is 1. The van der Waals surface area contributed by atoms with Gasteiger partial charge < -0.3 is 15.2 Å². The van der Waals surface area contributed by atoms with Crippen LogP contribution >= 0.6 is 23.2 Å². The van der Waals surface area contributed by atoms with Crippen LogP contribution in [0.5, 0.6) is 5.75 Å². The van der Waals surface area contributed by atoms with Crippen LogP contribution in [0, 0.1) is 10.8 Å². The Hall–Kier alpha value is -3.09. The number of carboxylic acids is 1. The second-order valence-corrected chi connectivity index (χ2v) is 13.2. The van der Waals surface area contributed by atoms with E-state index in [0.29, 0.717) is 53.2 Å². The minimum Gasteiger partial charge on any atom is -0.487 e. The minimum atomic E-state index is -1.01. The SMILES string of the molecule is CC1(C)CC(=O)C2=C(C1)NC1=C(C(=O)CC(C)(C)C1)C2c1cc(Cl)cc(Cl)c1OCc1ccc(C(=O)O)cc1. The quantitative estimate of drug-likeness (QED) is 0.395. The second kappa shape index (κ2) is 9.83. The molecular formula is C31H31Cl2NO5. The van der Waals surface area contributed by atoms with Crippen molar-refractivity contribution in [2.45, 2.75) is 65.9 Å². The second-order valence-electron chi connectivity index (χ2n) is 12.3. The van der Waals surface area contributed by atoms with Crippen LogP contribution in [-0.4, -0.2) is 22.6 Å². The topological polar surface area (TPSA) is 92.7 Å². The number of Topliss-reactive ketones (excluding diaryl/α,β-unsaturated/α-hetero) is 2. The number of halogens is 2. The molecule has 1 aliphatic heterocycles. The highest BCUT2D eigenvalue weighted by Gasteiger charge is 2.47. The monoisotopic (exact) mass is 567 g/mol. The van der Waals surface area contributed by atoms with Gasteiger partial charge in [0.05, 0.1) is 10.6 Å². The van der Waals surface area contributed by atoms with Crippen molar-refractivity contribution in [3.63, 3.8) is 0 Å². The molecule has 2 aromatic rings. The Morgan fingerprint density at radius 3 is 1.97 bits per heavy atom. The highest BCUT2D eigenvalue weighted by molar-refractivity contribution is 6.35. The van der Waals surface area contributed by atoms with E-state index in [4.69, 9.17) is 27.9 Å². The van der Waals surface area contributed by atoms with Crippen molar-refractivity contribution in [1.29, 1.82) is 0 Å². The third-order valence-corrected chi connectivity index (χ3v) is 8.15. The van der Waals surface area contributed by atoms with Gasteiger partial charge in [0, 0.05) is 51.9 Å². The van der Waals surface area contributed by atoms with Crippen molar-refractivity contribution in [1.82, 2.24) is 5.32 Å². The van der Waals surface area contributed by atoms with E-state index >= 15 is 0 Å². The van der Waals surface area contributed by atoms with Crippen LogP contribution in [0.3, 0.4) is 0 Å². The lowest BCUT2D eigenvalue weighted by Crippen LogP contribution is -2.42. The van der Waals surface area contributed by atoms with E-state index in [9.17, 15) is 19.5 Å². The van der Waals surface area contributed by atoms with Crippen LogP contribution in [0.1, 0.15) is 80.8 Å². The molecule has 1 heterocycles. The van der Waals surface area contributed by atoms with E-state index in [0.717, 1.165) is 17.0 Å². The number of allylic oxidation sites excluding steroid dienone is 4. The Morgan fingerprint density at radius 1 is 0.923 bits per heavy atom. The molecule has 0 amide bonds. The number of rotatable bonds is 5. The van der Waals surface area contributed by atoms with Gasteiger partial charge in [0.25, 0.3) is 0 Å². The van der Waals surface area contributed by atoms with E-state index in [1.165, 1.54) is 12.1 Å². The third-order valence-electron chi connectivity index (χ3n) is 7.65. The first-order valence-corrected chi connectivity index (χ1v) is 13.7. The molecule has 0 radical (unpaired) electrons.